The Kier molecular flexibility index (Phi) is 6.66. The minimum Gasteiger partial charge on any atom is -0.306 e. The normalized spacial score (nSPS) is 15.1. The van der Waals surface area contributed by atoms with E-state index in [9.17, 15) is 4.79 Å². The Morgan fingerprint density at radius 2 is 1.83 bits per heavy atom. The molecule has 0 aliphatic carbocycles. The fourth-order valence-electron chi connectivity index (χ4n) is 3.60. The minimum absolute atomic E-state index is 0.354. The average Bonchev–Trinajstić information content (AvgIpc) is 2.96. The molecule has 8 nitrogen and oxygen atoms in total. The van der Waals surface area contributed by atoms with Crippen LogP contribution >= 0.6 is 23.2 Å². The van der Waals surface area contributed by atoms with Gasteiger partial charge in [-0.05, 0) is 44.1 Å². The first-order valence-corrected chi connectivity index (χ1v) is 10.8. The number of halogens is 2. The molecule has 1 saturated heterocycles. The molecule has 0 saturated carbocycles. The van der Waals surface area contributed by atoms with Crippen LogP contribution in [0, 0.1) is 0 Å². The van der Waals surface area contributed by atoms with Gasteiger partial charge in [0.15, 0.2) is 5.65 Å². The van der Waals surface area contributed by atoms with Crippen LogP contribution in [0.15, 0.2) is 30.7 Å². The van der Waals surface area contributed by atoms with Gasteiger partial charge in [-0.1, -0.05) is 36.0 Å². The third-order valence-corrected chi connectivity index (χ3v) is 5.72. The lowest BCUT2D eigenvalue weighted by molar-refractivity contribution is 0.262. The van der Waals surface area contributed by atoms with E-state index in [2.05, 4.69) is 30.6 Å². The van der Waals surface area contributed by atoms with E-state index in [1.807, 2.05) is 4.68 Å². The lowest BCUT2D eigenvalue weighted by Gasteiger charge is -2.19. The van der Waals surface area contributed by atoms with Gasteiger partial charge in [0.25, 0.3) is 0 Å². The second-order valence-corrected chi connectivity index (χ2v) is 8.13. The number of nitrogens with zero attached hydrogens (tertiary/aromatic N) is 5. The SMILES string of the molecule is O=C(Nc1ccc(Cl)cc1Cl)Nc1ncnc2c1cnn2CCN1CCCCCC1. The molecule has 10 heteroatoms. The molecule has 0 spiro atoms. The predicted molar refractivity (Wildman–Crippen MR) is 119 cm³/mol. The maximum Gasteiger partial charge on any atom is 0.324 e. The fourth-order valence-corrected chi connectivity index (χ4v) is 4.06. The molecule has 158 valence electrons. The summed E-state index contributed by atoms with van der Waals surface area (Å²) < 4.78 is 1.86. The van der Waals surface area contributed by atoms with Gasteiger partial charge in [0, 0.05) is 11.6 Å². The van der Waals surface area contributed by atoms with Crippen molar-refractivity contribution >= 4 is 51.8 Å². The van der Waals surface area contributed by atoms with Crippen molar-refractivity contribution in [2.24, 2.45) is 0 Å². The van der Waals surface area contributed by atoms with Crippen molar-refractivity contribution in [2.45, 2.75) is 32.2 Å². The van der Waals surface area contributed by atoms with E-state index in [1.165, 1.54) is 32.0 Å². The van der Waals surface area contributed by atoms with Gasteiger partial charge in [-0.3, -0.25) is 5.32 Å². The standard InChI is InChI=1S/C20H23Cl2N7O/c21-14-5-6-17(16(22)11-14)26-20(30)27-18-15-12-25-29(19(15)24-13-23-18)10-9-28-7-3-1-2-4-8-28/h5-6,11-13H,1-4,7-10H2,(H2,23,24,26,27,30). The number of hydrogen-bond acceptors (Lipinski definition) is 5. The second-order valence-electron chi connectivity index (χ2n) is 7.29. The van der Waals surface area contributed by atoms with E-state index in [1.54, 1.807) is 24.4 Å². The zero-order valence-electron chi connectivity index (χ0n) is 16.4. The van der Waals surface area contributed by atoms with Crippen LogP contribution in [0.1, 0.15) is 25.7 Å². The number of anilines is 2. The smallest absolute Gasteiger partial charge is 0.306 e. The van der Waals surface area contributed by atoms with Crippen molar-refractivity contribution in [1.82, 2.24) is 24.6 Å². The Bertz CT molecular complexity index is 1030. The van der Waals surface area contributed by atoms with Crippen molar-refractivity contribution in [1.29, 1.82) is 0 Å². The van der Waals surface area contributed by atoms with Crippen molar-refractivity contribution in [3.05, 3.63) is 40.8 Å². The number of benzene rings is 1. The van der Waals surface area contributed by atoms with E-state index in [4.69, 9.17) is 23.2 Å². The highest BCUT2D eigenvalue weighted by atomic mass is 35.5. The number of fused-ring (bicyclic) bond motifs is 1. The number of carbonyl (C=O) groups is 1. The van der Waals surface area contributed by atoms with E-state index in [0.29, 0.717) is 32.6 Å². The molecular formula is C20H23Cl2N7O. The molecule has 2 N–H and O–H groups in total. The zero-order valence-corrected chi connectivity index (χ0v) is 18.0. The summed E-state index contributed by atoms with van der Waals surface area (Å²) in [6.45, 7) is 3.94. The third kappa shape index (κ3) is 5.00. The van der Waals surface area contributed by atoms with Crippen LogP contribution < -0.4 is 10.6 Å². The number of rotatable bonds is 5. The summed E-state index contributed by atoms with van der Waals surface area (Å²) in [6.07, 6.45) is 8.24. The summed E-state index contributed by atoms with van der Waals surface area (Å²) in [5.41, 5.74) is 1.15. The Labute approximate surface area is 184 Å². The van der Waals surface area contributed by atoms with E-state index < -0.39 is 6.03 Å². The van der Waals surface area contributed by atoms with Crippen LogP contribution in [0.25, 0.3) is 11.0 Å². The van der Waals surface area contributed by atoms with E-state index in [0.717, 1.165) is 26.2 Å². The van der Waals surface area contributed by atoms with Crippen LogP contribution in [0.4, 0.5) is 16.3 Å². The van der Waals surface area contributed by atoms with E-state index in [-0.39, 0.29) is 0 Å². The molecule has 1 aliphatic heterocycles. The largest absolute Gasteiger partial charge is 0.324 e. The maximum absolute atomic E-state index is 12.4. The number of likely N-dealkylation sites (tertiary alicyclic amines) is 1. The number of carbonyl (C=O) groups excluding carboxylic acids is 1. The Morgan fingerprint density at radius 1 is 1.03 bits per heavy atom. The van der Waals surface area contributed by atoms with Crippen LogP contribution in [0.3, 0.4) is 0 Å². The Balaban J connectivity index is 1.44. The topological polar surface area (TPSA) is 88.0 Å². The summed E-state index contributed by atoms with van der Waals surface area (Å²) in [6, 6.07) is 4.40. The van der Waals surface area contributed by atoms with Gasteiger partial charge in [-0.25, -0.2) is 19.4 Å². The van der Waals surface area contributed by atoms with Crippen LogP contribution in [-0.4, -0.2) is 50.3 Å². The van der Waals surface area contributed by atoms with Crippen LogP contribution in [-0.2, 0) is 6.54 Å². The summed E-state index contributed by atoms with van der Waals surface area (Å²) in [5.74, 6) is 0.392. The molecule has 30 heavy (non-hydrogen) atoms. The third-order valence-electron chi connectivity index (χ3n) is 5.17. The quantitative estimate of drug-likeness (QED) is 0.593. The lowest BCUT2D eigenvalue weighted by atomic mass is 10.2. The summed E-state index contributed by atoms with van der Waals surface area (Å²) in [7, 11) is 0. The molecular weight excluding hydrogens is 425 g/mol. The van der Waals surface area contributed by atoms with Gasteiger partial charge in [0.1, 0.15) is 12.1 Å². The van der Waals surface area contributed by atoms with Crippen LogP contribution in [0.2, 0.25) is 10.0 Å². The number of amides is 2. The van der Waals surface area contributed by atoms with Gasteiger partial charge in [-0.15, -0.1) is 0 Å². The molecule has 4 rings (SSSR count). The lowest BCUT2D eigenvalue weighted by Crippen LogP contribution is -2.28. The molecule has 0 radical (unpaired) electrons. The molecule has 0 atom stereocenters. The van der Waals surface area contributed by atoms with Crippen molar-refractivity contribution in [3.63, 3.8) is 0 Å². The van der Waals surface area contributed by atoms with Crippen molar-refractivity contribution in [3.8, 4) is 0 Å². The first-order chi connectivity index (χ1) is 14.6. The summed E-state index contributed by atoms with van der Waals surface area (Å²) in [4.78, 5) is 23.5. The highest BCUT2D eigenvalue weighted by molar-refractivity contribution is 6.36. The molecule has 0 bridgehead atoms. The Hall–Kier alpha value is -2.42. The first-order valence-electron chi connectivity index (χ1n) is 10.0. The predicted octanol–water partition coefficient (Wildman–Crippen LogP) is 4.65. The second kappa shape index (κ2) is 9.59. The molecule has 1 fully saturated rings. The highest BCUT2D eigenvalue weighted by Gasteiger charge is 2.15. The Morgan fingerprint density at radius 3 is 2.60 bits per heavy atom. The first kappa shape index (κ1) is 20.8. The highest BCUT2D eigenvalue weighted by Crippen LogP contribution is 2.26. The monoisotopic (exact) mass is 447 g/mol. The summed E-state index contributed by atoms with van der Waals surface area (Å²) >= 11 is 12.0. The number of aromatic nitrogens is 4. The average molecular weight is 448 g/mol. The molecule has 3 heterocycles. The van der Waals surface area contributed by atoms with Gasteiger partial charge in [-0.2, -0.15) is 5.10 Å². The zero-order chi connectivity index (χ0) is 20.9. The number of urea groups is 1. The van der Waals surface area contributed by atoms with Gasteiger partial charge >= 0.3 is 6.03 Å². The van der Waals surface area contributed by atoms with Crippen LogP contribution in [0.5, 0.6) is 0 Å². The van der Waals surface area contributed by atoms with Crippen molar-refractivity contribution in [2.75, 3.05) is 30.3 Å². The molecule has 0 unspecified atom stereocenters. The molecule has 2 aromatic heterocycles. The molecule has 3 aromatic rings. The number of nitrogens with one attached hydrogen (secondary N) is 2. The molecule has 2 amide bonds. The number of hydrogen-bond donors (Lipinski definition) is 2. The van der Waals surface area contributed by atoms with Gasteiger partial charge < -0.3 is 10.2 Å². The molecule has 1 aliphatic rings. The van der Waals surface area contributed by atoms with Crippen molar-refractivity contribution < 1.29 is 4.79 Å². The summed E-state index contributed by atoms with van der Waals surface area (Å²) in [5, 5.41) is 11.4. The molecule has 1 aromatic carbocycles. The fraction of sp³-hybridized carbons (Fsp3) is 0.400. The maximum atomic E-state index is 12.4. The van der Waals surface area contributed by atoms with Gasteiger partial charge in [0.05, 0.1) is 28.8 Å². The van der Waals surface area contributed by atoms with Gasteiger partial charge in [0.2, 0.25) is 0 Å². The minimum atomic E-state index is -0.462. The van der Waals surface area contributed by atoms with E-state index >= 15 is 0 Å².